The molecule has 2 aromatic rings. The molecule has 152 valence electrons. The summed E-state index contributed by atoms with van der Waals surface area (Å²) in [6, 6.07) is 15.0. The number of hydrogen-bond donors (Lipinski definition) is 1. The third kappa shape index (κ3) is 5.17. The van der Waals surface area contributed by atoms with Crippen molar-refractivity contribution in [1.29, 1.82) is 0 Å². The Morgan fingerprint density at radius 1 is 1.21 bits per heavy atom. The summed E-state index contributed by atoms with van der Waals surface area (Å²) in [7, 11) is 1.61. The molecule has 0 aliphatic carbocycles. The van der Waals surface area contributed by atoms with Crippen molar-refractivity contribution in [1.82, 2.24) is 4.90 Å². The lowest BCUT2D eigenvalue weighted by Gasteiger charge is -2.15. The lowest BCUT2D eigenvalue weighted by Crippen LogP contribution is -2.34. The van der Waals surface area contributed by atoms with Crippen molar-refractivity contribution in [2.75, 3.05) is 19.0 Å². The molecule has 0 saturated carbocycles. The van der Waals surface area contributed by atoms with Crippen LogP contribution in [0.2, 0.25) is 0 Å². The van der Waals surface area contributed by atoms with Crippen molar-refractivity contribution in [3.05, 3.63) is 54.1 Å². The average molecular weight is 412 g/mol. The molecule has 0 aromatic heterocycles. The fourth-order valence-electron chi connectivity index (χ4n) is 3.00. The number of nitrogens with zero attached hydrogens (tertiary/aromatic N) is 2. The Morgan fingerprint density at radius 2 is 1.93 bits per heavy atom. The highest BCUT2D eigenvalue weighted by Gasteiger charge is 2.38. The van der Waals surface area contributed by atoms with Gasteiger partial charge in [0.25, 0.3) is 0 Å². The van der Waals surface area contributed by atoms with Gasteiger partial charge in [-0.25, -0.2) is 4.99 Å². The summed E-state index contributed by atoms with van der Waals surface area (Å²) in [5, 5.41) is 3.07. The van der Waals surface area contributed by atoms with E-state index < -0.39 is 5.25 Å². The second-order valence-electron chi connectivity index (χ2n) is 6.76. The molecule has 7 heteroatoms. The van der Waals surface area contributed by atoms with Crippen LogP contribution in [0.15, 0.2) is 53.5 Å². The fourth-order valence-corrected chi connectivity index (χ4v) is 4.19. The summed E-state index contributed by atoms with van der Waals surface area (Å²) in [5.74, 6) is 0.511. The molecule has 0 unspecified atom stereocenters. The van der Waals surface area contributed by atoms with Crippen LogP contribution in [0.4, 0.5) is 11.4 Å². The number of benzene rings is 2. The molecule has 1 N–H and O–H groups in total. The monoisotopic (exact) mass is 411 g/mol. The van der Waals surface area contributed by atoms with Crippen molar-refractivity contribution in [2.45, 2.75) is 31.9 Å². The molecule has 3 rings (SSSR count). The number of amidine groups is 1. The average Bonchev–Trinajstić information content (AvgIpc) is 2.99. The Hall–Kier alpha value is -2.80. The normalized spacial score (nSPS) is 17.6. The van der Waals surface area contributed by atoms with Gasteiger partial charge in [-0.2, -0.15) is 0 Å². The first-order valence-corrected chi connectivity index (χ1v) is 10.5. The standard InChI is InChI=1S/C22H25N3O3S/c1-4-13-25-21(27)19(14-20(26)24-18-8-6-5-7-15(18)2)29-22(25)23-16-9-11-17(28-3)12-10-16/h5-12,19H,4,13-14H2,1-3H3,(H,24,26)/t19-/m1/s1. The van der Waals surface area contributed by atoms with Crippen LogP contribution in [-0.2, 0) is 9.59 Å². The van der Waals surface area contributed by atoms with Gasteiger partial charge in [0.05, 0.1) is 12.8 Å². The number of amides is 2. The van der Waals surface area contributed by atoms with Crippen LogP contribution in [0.1, 0.15) is 25.3 Å². The van der Waals surface area contributed by atoms with Gasteiger partial charge in [-0.15, -0.1) is 0 Å². The Labute approximate surface area is 175 Å². The number of para-hydroxylation sites is 1. The molecule has 1 heterocycles. The maximum absolute atomic E-state index is 12.9. The van der Waals surface area contributed by atoms with Gasteiger partial charge in [0.2, 0.25) is 11.8 Å². The minimum atomic E-state index is -0.470. The van der Waals surface area contributed by atoms with Gasteiger partial charge in [0.15, 0.2) is 5.17 Å². The zero-order valence-corrected chi connectivity index (χ0v) is 17.7. The predicted molar refractivity (Wildman–Crippen MR) is 118 cm³/mol. The number of ether oxygens (including phenoxy) is 1. The third-order valence-electron chi connectivity index (χ3n) is 4.55. The summed E-state index contributed by atoms with van der Waals surface area (Å²) < 4.78 is 5.17. The maximum Gasteiger partial charge on any atom is 0.242 e. The molecule has 6 nitrogen and oxygen atoms in total. The Kier molecular flexibility index (Phi) is 6.93. The first kappa shape index (κ1) is 20.9. The van der Waals surface area contributed by atoms with Crippen LogP contribution in [0.3, 0.4) is 0 Å². The summed E-state index contributed by atoms with van der Waals surface area (Å²) >= 11 is 1.35. The summed E-state index contributed by atoms with van der Waals surface area (Å²) in [5.41, 5.74) is 2.50. The van der Waals surface area contributed by atoms with Gasteiger partial charge in [-0.05, 0) is 49.2 Å². The van der Waals surface area contributed by atoms with Crippen molar-refractivity contribution >= 4 is 40.1 Å². The van der Waals surface area contributed by atoms with E-state index in [1.165, 1.54) is 11.8 Å². The van der Waals surface area contributed by atoms with E-state index in [2.05, 4.69) is 10.3 Å². The molecule has 1 saturated heterocycles. The van der Waals surface area contributed by atoms with Crippen molar-refractivity contribution in [3.8, 4) is 5.75 Å². The van der Waals surface area contributed by atoms with Crippen molar-refractivity contribution in [2.24, 2.45) is 4.99 Å². The summed E-state index contributed by atoms with van der Waals surface area (Å²) in [4.78, 5) is 31.7. The maximum atomic E-state index is 12.9. The lowest BCUT2D eigenvalue weighted by atomic mass is 10.2. The van der Waals surface area contributed by atoms with Crippen LogP contribution in [0.5, 0.6) is 5.75 Å². The number of nitrogens with one attached hydrogen (secondary N) is 1. The first-order valence-electron chi connectivity index (χ1n) is 9.58. The second kappa shape index (κ2) is 9.60. The minimum absolute atomic E-state index is 0.0657. The number of aryl methyl sites for hydroxylation is 1. The molecule has 29 heavy (non-hydrogen) atoms. The molecule has 0 radical (unpaired) electrons. The number of carbonyl (C=O) groups is 2. The number of rotatable bonds is 7. The lowest BCUT2D eigenvalue weighted by molar-refractivity contribution is -0.128. The Bertz CT molecular complexity index is 912. The topological polar surface area (TPSA) is 71.0 Å². The zero-order chi connectivity index (χ0) is 20.8. The molecule has 0 bridgehead atoms. The number of carbonyl (C=O) groups excluding carboxylic acids is 2. The summed E-state index contributed by atoms with van der Waals surface area (Å²) in [6.45, 7) is 4.53. The molecule has 1 aliphatic rings. The van der Waals surface area contributed by atoms with Crippen LogP contribution >= 0.6 is 11.8 Å². The number of aliphatic imine (C=N–C) groups is 1. The Morgan fingerprint density at radius 3 is 2.59 bits per heavy atom. The number of anilines is 1. The first-order chi connectivity index (χ1) is 14.0. The van der Waals surface area contributed by atoms with E-state index >= 15 is 0 Å². The molecule has 1 atom stereocenters. The molecule has 2 aromatic carbocycles. The predicted octanol–water partition coefficient (Wildman–Crippen LogP) is 4.37. The molecular weight excluding hydrogens is 386 g/mol. The van der Waals surface area contributed by atoms with Gasteiger partial charge in [-0.1, -0.05) is 36.9 Å². The molecule has 2 amide bonds. The minimum Gasteiger partial charge on any atom is -0.497 e. The highest BCUT2D eigenvalue weighted by Crippen LogP contribution is 2.32. The summed E-state index contributed by atoms with van der Waals surface area (Å²) in [6.07, 6.45) is 0.926. The van der Waals surface area contributed by atoms with Gasteiger partial charge in [0, 0.05) is 18.7 Å². The van der Waals surface area contributed by atoms with Crippen LogP contribution in [0, 0.1) is 6.92 Å². The molecular formula is C22H25N3O3S. The van der Waals surface area contributed by atoms with E-state index in [-0.39, 0.29) is 18.2 Å². The largest absolute Gasteiger partial charge is 0.497 e. The van der Waals surface area contributed by atoms with Crippen LogP contribution in [-0.4, -0.2) is 40.8 Å². The quantitative estimate of drug-likeness (QED) is 0.734. The second-order valence-corrected chi connectivity index (χ2v) is 7.93. The highest BCUT2D eigenvalue weighted by atomic mass is 32.2. The van der Waals surface area contributed by atoms with Crippen LogP contribution < -0.4 is 10.1 Å². The van der Waals surface area contributed by atoms with Crippen molar-refractivity contribution in [3.63, 3.8) is 0 Å². The van der Waals surface area contributed by atoms with E-state index in [4.69, 9.17) is 4.74 Å². The van der Waals surface area contributed by atoms with Gasteiger partial charge in [-0.3, -0.25) is 14.5 Å². The highest BCUT2D eigenvalue weighted by molar-refractivity contribution is 8.15. The number of thioether (sulfide) groups is 1. The van der Waals surface area contributed by atoms with Gasteiger partial charge >= 0.3 is 0 Å². The number of methoxy groups -OCH3 is 1. The third-order valence-corrected chi connectivity index (χ3v) is 5.73. The van der Waals surface area contributed by atoms with E-state index in [0.717, 1.165) is 29.1 Å². The van der Waals surface area contributed by atoms with E-state index in [0.29, 0.717) is 11.7 Å². The molecule has 1 aliphatic heterocycles. The Balaban J connectivity index is 1.73. The van der Waals surface area contributed by atoms with Gasteiger partial charge in [0.1, 0.15) is 11.0 Å². The van der Waals surface area contributed by atoms with Crippen molar-refractivity contribution < 1.29 is 14.3 Å². The van der Waals surface area contributed by atoms with E-state index in [1.54, 1.807) is 12.0 Å². The fraction of sp³-hybridized carbons (Fsp3) is 0.318. The molecule has 1 fully saturated rings. The smallest absolute Gasteiger partial charge is 0.242 e. The van der Waals surface area contributed by atoms with E-state index in [1.807, 2.05) is 62.4 Å². The SMILES string of the molecule is CCCN1C(=O)[C@@H](CC(=O)Nc2ccccc2C)SC1=Nc1ccc(OC)cc1. The number of hydrogen-bond acceptors (Lipinski definition) is 5. The zero-order valence-electron chi connectivity index (χ0n) is 16.8. The molecule has 0 spiro atoms. The van der Waals surface area contributed by atoms with Crippen LogP contribution in [0.25, 0.3) is 0 Å². The van der Waals surface area contributed by atoms with E-state index in [9.17, 15) is 9.59 Å². The van der Waals surface area contributed by atoms with Gasteiger partial charge < -0.3 is 10.1 Å².